The monoisotopic (exact) mass is 276 g/mol. The number of hydrogen-bond acceptors (Lipinski definition) is 2. The van der Waals surface area contributed by atoms with Gasteiger partial charge in [0.05, 0.1) is 5.41 Å². The van der Waals surface area contributed by atoms with Crippen molar-refractivity contribution in [3.05, 3.63) is 35.6 Å². The van der Waals surface area contributed by atoms with Gasteiger partial charge in [-0.05, 0) is 32.8 Å². The number of nitrogens with one attached hydrogen (secondary N) is 1. The normalized spacial score (nSPS) is 28.2. The predicted octanol–water partition coefficient (Wildman–Crippen LogP) is 2.07. The molecule has 1 aromatic rings. The fourth-order valence-corrected chi connectivity index (χ4v) is 3.37. The highest BCUT2D eigenvalue weighted by molar-refractivity contribution is 5.91. The second-order valence-corrected chi connectivity index (χ2v) is 6.24. The number of carbonyl (C=O) groups excluding carboxylic acids is 1. The number of hydrogen-bond donors (Lipinski definition) is 1. The van der Waals surface area contributed by atoms with Crippen molar-refractivity contribution in [1.82, 2.24) is 10.2 Å². The van der Waals surface area contributed by atoms with Crippen molar-refractivity contribution in [3.8, 4) is 0 Å². The van der Waals surface area contributed by atoms with E-state index in [1.807, 2.05) is 11.0 Å². The zero-order chi connectivity index (χ0) is 14.3. The second-order valence-electron chi connectivity index (χ2n) is 6.24. The van der Waals surface area contributed by atoms with Gasteiger partial charge in [-0.2, -0.15) is 0 Å². The first-order valence-electron chi connectivity index (χ1n) is 7.33. The summed E-state index contributed by atoms with van der Waals surface area (Å²) in [7, 11) is 0. The van der Waals surface area contributed by atoms with E-state index >= 15 is 0 Å². The van der Waals surface area contributed by atoms with E-state index in [-0.39, 0.29) is 11.7 Å². The number of piperazine rings is 1. The van der Waals surface area contributed by atoms with Crippen molar-refractivity contribution in [2.45, 2.75) is 44.2 Å². The Hall–Kier alpha value is -1.42. The van der Waals surface area contributed by atoms with Crippen LogP contribution in [-0.2, 0) is 10.2 Å². The van der Waals surface area contributed by atoms with Crippen LogP contribution in [0.4, 0.5) is 4.39 Å². The minimum Gasteiger partial charge on any atom is -0.339 e. The molecule has 108 valence electrons. The number of nitrogens with zero attached hydrogens (tertiary/aromatic N) is 1. The van der Waals surface area contributed by atoms with Gasteiger partial charge < -0.3 is 10.2 Å². The lowest BCUT2D eigenvalue weighted by atomic mass is 9.93. The Morgan fingerprint density at radius 3 is 2.40 bits per heavy atom. The SMILES string of the molecule is C[C@@H]1CN(C(=O)C2(c3ccccc3F)CC2)C[C@@H](C)N1. The van der Waals surface area contributed by atoms with Gasteiger partial charge in [0.1, 0.15) is 5.82 Å². The topological polar surface area (TPSA) is 32.3 Å². The van der Waals surface area contributed by atoms with Gasteiger partial charge in [-0.25, -0.2) is 4.39 Å². The molecule has 1 aliphatic carbocycles. The molecule has 3 nitrogen and oxygen atoms in total. The standard InChI is InChI=1S/C16H21FN2O/c1-11-9-19(10-12(2)18-11)15(20)16(7-8-16)13-5-3-4-6-14(13)17/h3-6,11-12,18H,7-10H2,1-2H3/t11-,12-/m1/s1. The summed E-state index contributed by atoms with van der Waals surface area (Å²) in [5, 5.41) is 3.42. The molecule has 1 saturated carbocycles. The largest absolute Gasteiger partial charge is 0.339 e. The quantitative estimate of drug-likeness (QED) is 0.897. The van der Waals surface area contributed by atoms with E-state index in [2.05, 4.69) is 19.2 Å². The summed E-state index contributed by atoms with van der Waals surface area (Å²) < 4.78 is 14.0. The summed E-state index contributed by atoms with van der Waals surface area (Å²) in [5.74, 6) is -0.155. The molecule has 1 saturated heterocycles. The van der Waals surface area contributed by atoms with E-state index in [1.165, 1.54) is 6.07 Å². The molecule has 4 heteroatoms. The Balaban J connectivity index is 1.85. The van der Waals surface area contributed by atoms with Gasteiger partial charge in [0.25, 0.3) is 0 Å². The first-order chi connectivity index (χ1) is 9.53. The van der Waals surface area contributed by atoms with Crippen molar-refractivity contribution < 1.29 is 9.18 Å². The first kappa shape index (κ1) is 13.6. The average Bonchev–Trinajstić information content (AvgIpc) is 3.18. The van der Waals surface area contributed by atoms with Gasteiger partial charge in [-0.3, -0.25) is 4.79 Å². The molecule has 1 aliphatic heterocycles. The molecule has 0 radical (unpaired) electrons. The van der Waals surface area contributed by atoms with Crippen molar-refractivity contribution in [2.24, 2.45) is 0 Å². The second kappa shape index (κ2) is 4.85. The van der Waals surface area contributed by atoms with Gasteiger partial charge in [0.2, 0.25) is 5.91 Å². The minimum absolute atomic E-state index is 0.0998. The van der Waals surface area contributed by atoms with Crippen LogP contribution < -0.4 is 5.32 Å². The number of halogens is 1. The van der Waals surface area contributed by atoms with Crippen LogP contribution in [0.1, 0.15) is 32.3 Å². The molecule has 20 heavy (non-hydrogen) atoms. The summed E-state index contributed by atoms with van der Waals surface area (Å²) in [6.45, 7) is 5.58. The highest BCUT2D eigenvalue weighted by Gasteiger charge is 2.54. The van der Waals surface area contributed by atoms with Crippen molar-refractivity contribution in [1.29, 1.82) is 0 Å². The lowest BCUT2D eigenvalue weighted by Crippen LogP contribution is -2.57. The van der Waals surface area contributed by atoms with E-state index in [4.69, 9.17) is 0 Å². The van der Waals surface area contributed by atoms with Crippen LogP contribution in [0.3, 0.4) is 0 Å². The highest BCUT2D eigenvalue weighted by atomic mass is 19.1. The molecule has 0 bridgehead atoms. The van der Waals surface area contributed by atoms with Crippen LogP contribution in [-0.4, -0.2) is 36.0 Å². The molecular weight excluding hydrogens is 255 g/mol. The predicted molar refractivity (Wildman–Crippen MR) is 76.0 cm³/mol. The van der Waals surface area contributed by atoms with Crippen LogP contribution in [0, 0.1) is 5.82 Å². The number of carbonyl (C=O) groups is 1. The lowest BCUT2D eigenvalue weighted by Gasteiger charge is -2.38. The Morgan fingerprint density at radius 1 is 1.25 bits per heavy atom. The lowest BCUT2D eigenvalue weighted by molar-refractivity contribution is -0.135. The van der Waals surface area contributed by atoms with Crippen molar-refractivity contribution in [2.75, 3.05) is 13.1 Å². The zero-order valence-corrected chi connectivity index (χ0v) is 12.0. The molecule has 1 heterocycles. The third-order valence-electron chi connectivity index (χ3n) is 4.39. The number of rotatable bonds is 2. The van der Waals surface area contributed by atoms with Gasteiger partial charge in [0, 0.05) is 30.7 Å². The van der Waals surface area contributed by atoms with Crippen molar-refractivity contribution >= 4 is 5.91 Å². The van der Waals surface area contributed by atoms with E-state index in [0.717, 1.165) is 12.8 Å². The Bertz CT molecular complexity index is 517. The van der Waals surface area contributed by atoms with E-state index in [9.17, 15) is 9.18 Å². The molecule has 1 N–H and O–H groups in total. The first-order valence-corrected chi connectivity index (χ1v) is 7.33. The molecule has 2 atom stereocenters. The third kappa shape index (κ3) is 2.22. The molecule has 2 fully saturated rings. The molecule has 3 rings (SSSR count). The van der Waals surface area contributed by atoms with Crippen LogP contribution in [0.15, 0.2) is 24.3 Å². The van der Waals surface area contributed by atoms with E-state index in [0.29, 0.717) is 30.7 Å². The summed E-state index contributed by atoms with van der Waals surface area (Å²) in [4.78, 5) is 14.8. The maximum Gasteiger partial charge on any atom is 0.233 e. The van der Waals surface area contributed by atoms with Gasteiger partial charge in [-0.15, -0.1) is 0 Å². The fraction of sp³-hybridized carbons (Fsp3) is 0.562. The Morgan fingerprint density at radius 2 is 1.85 bits per heavy atom. The summed E-state index contributed by atoms with van der Waals surface area (Å²) >= 11 is 0. The van der Waals surface area contributed by atoms with Crippen LogP contribution >= 0.6 is 0 Å². The van der Waals surface area contributed by atoms with E-state index < -0.39 is 5.41 Å². The minimum atomic E-state index is -0.595. The average molecular weight is 276 g/mol. The molecule has 0 unspecified atom stereocenters. The zero-order valence-electron chi connectivity index (χ0n) is 12.0. The molecule has 0 spiro atoms. The summed E-state index contributed by atoms with van der Waals surface area (Å²) in [6.07, 6.45) is 1.53. The number of amides is 1. The fourth-order valence-electron chi connectivity index (χ4n) is 3.37. The maximum absolute atomic E-state index is 14.0. The Labute approximate surface area is 119 Å². The van der Waals surface area contributed by atoms with Crippen LogP contribution in [0.2, 0.25) is 0 Å². The Kier molecular flexibility index (Phi) is 3.28. The van der Waals surface area contributed by atoms with Crippen LogP contribution in [0.25, 0.3) is 0 Å². The molecular formula is C16H21FN2O. The molecule has 1 aromatic carbocycles. The van der Waals surface area contributed by atoms with Crippen molar-refractivity contribution in [3.63, 3.8) is 0 Å². The highest BCUT2D eigenvalue weighted by Crippen LogP contribution is 2.50. The number of benzene rings is 1. The molecule has 0 aromatic heterocycles. The molecule has 1 amide bonds. The van der Waals surface area contributed by atoms with Gasteiger partial charge >= 0.3 is 0 Å². The van der Waals surface area contributed by atoms with Gasteiger partial charge in [-0.1, -0.05) is 18.2 Å². The third-order valence-corrected chi connectivity index (χ3v) is 4.39. The summed E-state index contributed by atoms with van der Waals surface area (Å²) in [5.41, 5.74) is -0.0221. The van der Waals surface area contributed by atoms with Crippen LogP contribution in [0.5, 0.6) is 0 Å². The van der Waals surface area contributed by atoms with Gasteiger partial charge in [0.15, 0.2) is 0 Å². The van der Waals surface area contributed by atoms with E-state index in [1.54, 1.807) is 12.1 Å². The maximum atomic E-state index is 14.0. The summed E-state index contributed by atoms with van der Waals surface area (Å²) in [6, 6.07) is 7.28. The smallest absolute Gasteiger partial charge is 0.233 e. The molecule has 2 aliphatic rings.